The molecule has 0 saturated heterocycles. The van der Waals surface area contributed by atoms with Gasteiger partial charge in [0.25, 0.3) is 5.89 Å². The Kier molecular flexibility index (Phi) is 3.82. The van der Waals surface area contributed by atoms with E-state index < -0.39 is 0 Å². The Morgan fingerprint density at radius 3 is 2.67 bits per heavy atom. The van der Waals surface area contributed by atoms with Gasteiger partial charge in [-0.25, -0.2) is 0 Å². The van der Waals surface area contributed by atoms with Crippen LogP contribution in [-0.4, -0.2) is 30.9 Å². The maximum absolute atomic E-state index is 5.67. The molecule has 18 heavy (non-hydrogen) atoms. The number of benzene rings is 1. The number of rotatable bonds is 5. The van der Waals surface area contributed by atoms with Crippen molar-refractivity contribution in [3.05, 3.63) is 24.3 Å². The zero-order chi connectivity index (χ0) is 13.0. The SMILES string of the molecule is CCCOc1ccccc1-c1nnc(N(C)C)o1. The molecule has 5 nitrogen and oxygen atoms in total. The third-order valence-corrected chi connectivity index (χ3v) is 2.38. The van der Waals surface area contributed by atoms with Crippen LogP contribution in [0.15, 0.2) is 28.7 Å². The van der Waals surface area contributed by atoms with Gasteiger partial charge in [-0.1, -0.05) is 24.2 Å². The molecule has 0 saturated carbocycles. The Labute approximate surface area is 106 Å². The highest BCUT2D eigenvalue weighted by atomic mass is 16.5. The van der Waals surface area contributed by atoms with Crippen LogP contribution in [0.1, 0.15) is 13.3 Å². The first kappa shape index (κ1) is 12.4. The highest BCUT2D eigenvalue weighted by Gasteiger charge is 2.13. The van der Waals surface area contributed by atoms with Gasteiger partial charge in [-0.2, -0.15) is 0 Å². The fraction of sp³-hybridized carbons (Fsp3) is 0.385. The average Bonchev–Trinajstić information content (AvgIpc) is 2.86. The maximum atomic E-state index is 5.67. The summed E-state index contributed by atoms with van der Waals surface area (Å²) in [5.74, 6) is 1.25. The lowest BCUT2D eigenvalue weighted by molar-refractivity contribution is 0.318. The Balaban J connectivity index is 2.30. The zero-order valence-electron chi connectivity index (χ0n) is 10.9. The first-order valence-corrected chi connectivity index (χ1v) is 5.95. The van der Waals surface area contributed by atoms with Gasteiger partial charge < -0.3 is 14.1 Å². The Bertz CT molecular complexity index is 508. The Morgan fingerprint density at radius 1 is 1.22 bits per heavy atom. The molecule has 0 bridgehead atoms. The molecule has 0 N–H and O–H groups in total. The monoisotopic (exact) mass is 247 g/mol. The third-order valence-electron chi connectivity index (χ3n) is 2.38. The van der Waals surface area contributed by atoms with Gasteiger partial charge in [-0.15, -0.1) is 5.10 Å². The summed E-state index contributed by atoms with van der Waals surface area (Å²) in [6.07, 6.45) is 0.959. The molecule has 0 unspecified atom stereocenters. The van der Waals surface area contributed by atoms with Gasteiger partial charge in [-0.05, 0) is 18.6 Å². The molecular weight excluding hydrogens is 230 g/mol. The van der Waals surface area contributed by atoms with Crippen molar-refractivity contribution in [3.8, 4) is 17.2 Å². The minimum absolute atomic E-state index is 0.477. The lowest BCUT2D eigenvalue weighted by Crippen LogP contribution is -2.08. The minimum Gasteiger partial charge on any atom is -0.493 e. The smallest absolute Gasteiger partial charge is 0.317 e. The summed E-state index contributed by atoms with van der Waals surface area (Å²) in [6, 6.07) is 8.16. The molecule has 5 heteroatoms. The van der Waals surface area contributed by atoms with Crippen LogP contribution < -0.4 is 9.64 Å². The average molecular weight is 247 g/mol. The zero-order valence-corrected chi connectivity index (χ0v) is 10.9. The van der Waals surface area contributed by atoms with E-state index in [2.05, 4.69) is 17.1 Å². The lowest BCUT2D eigenvalue weighted by Gasteiger charge is -2.08. The summed E-state index contributed by atoms with van der Waals surface area (Å²) in [5, 5.41) is 8.01. The fourth-order valence-corrected chi connectivity index (χ4v) is 1.49. The van der Waals surface area contributed by atoms with Gasteiger partial charge in [0, 0.05) is 14.1 Å². The van der Waals surface area contributed by atoms with E-state index in [9.17, 15) is 0 Å². The van der Waals surface area contributed by atoms with E-state index in [-0.39, 0.29) is 0 Å². The van der Waals surface area contributed by atoms with E-state index in [1.807, 2.05) is 38.4 Å². The second kappa shape index (κ2) is 5.53. The van der Waals surface area contributed by atoms with Crippen molar-refractivity contribution < 1.29 is 9.15 Å². The van der Waals surface area contributed by atoms with Crippen molar-refractivity contribution in [2.24, 2.45) is 0 Å². The van der Waals surface area contributed by atoms with Crippen LogP contribution in [0.5, 0.6) is 5.75 Å². The summed E-state index contributed by atoms with van der Waals surface area (Å²) in [6.45, 7) is 2.74. The molecule has 0 spiro atoms. The molecule has 1 aromatic carbocycles. The quantitative estimate of drug-likeness (QED) is 0.812. The van der Waals surface area contributed by atoms with Crippen molar-refractivity contribution in [2.45, 2.75) is 13.3 Å². The molecule has 1 aromatic heterocycles. The lowest BCUT2D eigenvalue weighted by atomic mass is 10.2. The van der Waals surface area contributed by atoms with Crippen LogP contribution in [0.2, 0.25) is 0 Å². The van der Waals surface area contributed by atoms with Crippen LogP contribution >= 0.6 is 0 Å². The van der Waals surface area contributed by atoms with Gasteiger partial charge in [-0.3, -0.25) is 0 Å². The summed E-state index contributed by atoms with van der Waals surface area (Å²) in [4.78, 5) is 1.77. The molecule has 0 fully saturated rings. The predicted molar refractivity (Wildman–Crippen MR) is 69.8 cm³/mol. The normalized spacial score (nSPS) is 10.4. The van der Waals surface area contributed by atoms with Crippen molar-refractivity contribution in [1.29, 1.82) is 0 Å². The molecule has 0 amide bonds. The summed E-state index contributed by atoms with van der Waals surface area (Å²) in [7, 11) is 3.72. The summed E-state index contributed by atoms with van der Waals surface area (Å²) in [5.41, 5.74) is 0.826. The highest BCUT2D eigenvalue weighted by Crippen LogP contribution is 2.30. The molecular formula is C13H17N3O2. The maximum Gasteiger partial charge on any atom is 0.317 e. The third kappa shape index (κ3) is 2.61. The van der Waals surface area contributed by atoms with Gasteiger partial charge in [0.2, 0.25) is 0 Å². The predicted octanol–water partition coefficient (Wildman–Crippen LogP) is 2.59. The van der Waals surface area contributed by atoms with E-state index in [4.69, 9.17) is 9.15 Å². The molecule has 1 heterocycles. The largest absolute Gasteiger partial charge is 0.493 e. The second-order valence-electron chi connectivity index (χ2n) is 4.13. The van der Waals surface area contributed by atoms with Crippen molar-refractivity contribution in [3.63, 3.8) is 0 Å². The minimum atomic E-state index is 0.477. The fourth-order valence-electron chi connectivity index (χ4n) is 1.49. The van der Waals surface area contributed by atoms with Crippen LogP contribution in [-0.2, 0) is 0 Å². The molecule has 2 rings (SSSR count). The van der Waals surface area contributed by atoms with E-state index in [0.29, 0.717) is 18.5 Å². The van der Waals surface area contributed by atoms with E-state index in [1.165, 1.54) is 0 Å². The first-order valence-electron chi connectivity index (χ1n) is 5.95. The van der Waals surface area contributed by atoms with Crippen LogP contribution in [0.4, 0.5) is 6.01 Å². The number of ether oxygens (including phenoxy) is 1. The molecule has 0 atom stereocenters. The van der Waals surface area contributed by atoms with Gasteiger partial charge in [0.15, 0.2) is 0 Å². The van der Waals surface area contributed by atoms with E-state index >= 15 is 0 Å². The highest BCUT2D eigenvalue weighted by molar-refractivity contribution is 5.62. The molecule has 0 aliphatic heterocycles. The molecule has 0 radical (unpaired) electrons. The van der Waals surface area contributed by atoms with Crippen molar-refractivity contribution in [1.82, 2.24) is 10.2 Å². The number of anilines is 1. The van der Waals surface area contributed by atoms with E-state index in [0.717, 1.165) is 17.7 Å². The van der Waals surface area contributed by atoms with Crippen LogP contribution in [0.25, 0.3) is 11.5 Å². The number of nitrogens with zero attached hydrogens (tertiary/aromatic N) is 3. The molecule has 2 aromatic rings. The number of aromatic nitrogens is 2. The van der Waals surface area contributed by atoms with Crippen LogP contribution in [0.3, 0.4) is 0 Å². The van der Waals surface area contributed by atoms with Gasteiger partial charge >= 0.3 is 6.01 Å². The molecule has 0 aliphatic rings. The number of para-hydroxylation sites is 1. The van der Waals surface area contributed by atoms with Crippen LogP contribution in [0, 0.1) is 0 Å². The number of hydrogen-bond donors (Lipinski definition) is 0. The Hall–Kier alpha value is -2.04. The van der Waals surface area contributed by atoms with E-state index in [1.54, 1.807) is 4.90 Å². The first-order chi connectivity index (χ1) is 8.72. The topological polar surface area (TPSA) is 51.4 Å². The summed E-state index contributed by atoms with van der Waals surface area (Å²) < 4.78 is 11.2. The summed E-state index contributed by atoms with van der Waals surface area (Å²) >= 11 is 0. The molecule has 0 aliphatic carbocycles. The second-order valence-corrected chi connectivity index (χ2v) is 4.13. The Morgan fingerprint density at radius 2 is 2.00 bits per heavy atom. The number of hydrogen-bond acceptors (Lipinski definition) is 5. The standard InChI is InChI=1S/C13H17N3O2/c1-4-9-17-11-8-6-5-7-10(11)12-14-15-13(18-12)16(2)3/h5-8H,4,9H2,1-3H3. The van der Waals surface area contributed by atoms with Crippen molar-refractivity contribution >= 4 is 6.01 Å². The van der Waals surface area contributed by atoms with Crippen molar-refractivity contribution in [2.75, 3.05) is 25.6 Å². The van der Waals surface area contributed by atoms with Gasteiger partial charge in [0.05, 0.1) is 12.2 Å². The van der Waals surface area contributed by atoms with Gasteiger partial charge in [0.1, 0.15) is 5.75 Å². The molecule has 96 valence electrons.